The van der Waals surface area contributed by atoms with E-state index in [1.165, 1.54) is 11.1 Å². The number of benzene rings is 7. The Morgan fingerprint density at radius 3 is 1.38 bits per heavy atom. The number of hydrogen-bond acceptors (Lipinski definition) is 5. The number of amides is 2. The Hall–Kier alpha value is -5.92. The zero-order valence-electron chi connectivity index (χ0n) is 41.0. The first kappa shape index (κ1) is 48.0. The summed E-state index contributed by atoms with van der Waals surface area (Å²) in [5.74, 6) is 0.548. The van der Waals surface area contributed by atoms with Crippen LogP contribution in [0.2, 0.25) is 0 Å². The lowest BCUT2D eigenvalue weighted by Gasteiger charge is -2.42. The first-order valence-corrected chi connectivity index (χ1v) is 23.8. The van der Waals surface area contributed by atoms with Crippen molar-refractivity contribution in [2.75, 3.05) is 34.2 Å². The third-order valence-corrected chi connectivity index (χ3v) is 15.6. The van der Waals surface area contributed by atoms with Crippen LogP contribution in [0, 0.1) is 22.2 Å². The molecule has 0 aromatic heterocycles. The Morgan fingerprint density at radius 2 is 0.970 bits per heavy atom. The second kappa shape index (κ2) is 19.1. The lowest BCUT2D eigenvalue weighted by Crippen LogP contribution is -2.36. The Labute approximate surface area is 392 Å². The third kappa shape index (κ3) is 8.99. The molecule has 2 amide bonds. The summed E-state index contributed by atoms with van der Waals surface area (Å²) in [5, 5.41) is 9.76. The summed E-state index contributed by atoms with van der Waals surface area (Å²) in [4.78, 5) is 58.5. The smallest absolute Gasteiger partial charge is 0.254 e. The van der Waals surface area contributed by atoms with E-state index in [9.17, 15) is 19.2 Å². The minimum absolute atomic E-state index is 0.0879. The topological polar surface area (TPSA) is 86.8 Å². The van der Waals surface area contributed by atoms with E-state index in [2.05, 4.69) is 103 Å². The van der Waals surface area contributed by atoms with Crippen molar-refractivity contribution in [2.45, 2.75) is 93.0 Å². The zero-order chi connectivity index (χ0) is 47.7. The maximum atomic E-state index is 14.7. The molecule has 0 aliphatic carbocycles. The average Bonchev–Trinajstić information content (AvgIpc) is 3.32. The van der Waals surface area contributed by atoms with Gasteiger partial charge in [-0.15, -0.1) is 0 Å². The molecule has 0 spiro atoms. The van der Waals surface area contributed by atoms with Crippen LogP contribution in [-0.4, -0.2) is 68.4 Å². The van der Waals surface area contributed by atoms with Crippen LogP contribution in [0.1, 0.15) is 146 Å². The highest BCUT2D eigenvalue weighted by molar-refractivity contribution is 6.37. The van der Waals surface area contributed by atoms with Crippen molar-refractivity contribution in [1.29, 1.82) is 0 Å². The molecule has 7 heteroatoms. The van der Waals surface area contributed by atoms with Gasteiger partial charge in [-0.25, -0.2) is 0 Å². The highest BCUT2D eigenvalue weighted by Crippen LogP contribution is 2.49. The number of hydrogen-bond donors (Lipinski definition) is 1. The molecular formula is C59H69N3O4. The van der Waals surface area contributed by atoms with Crippen LogP contribution < -0.4 is 5.32 Å². The summed E-state index contributed by atoms with van der Waals surface area (Å²) >= 11 is 0. The van der Waals surface area contributed by atoms with Gasteiger partial charge in [-0.2, -0.15) is 0 Å². The molecule has 3 unspecified atom stereocenters. The molecule has 0 saturated carbocycles. The van der Waals surface area contributed by atoms with Crippen molar-refractivity contribution in [3.63, 3.8) is 0 Å². The molecular weight excluding hydrogens is 815 g/mol. The van der Waals surface area contributed by atoms with Crippen LogP contribution >= 0.6 is 0 Å². The van der Waals surface area contributed by atoms with Crippen LogP contribution in [0.3, 0.4) is 0 Å². The number of nitrogens with zero attached hydrogens (tertiary/aromatic N) is 2. The quantitative estimate of drug-likeness (QED) is 0.0497. The lowest BCUT2D eigenvalue weighted by molar-refractivity contribution is 0.0753. The van der Waals surface area contributed by atoms with Gasteiger partial charge in [0.05, 0.1) is 0 Å². The number of aldehydes is 2. The summed E-state index contributed by atoms with van der Waals surface area (Å²) in [5.41, 5.74) is 4.17. The highest BCUT2D eigenvalue weighted by atomic mass is 16.2. The minimum atomic E-state index is -0.178. The molecule has 7 rings (SSSR count). The number of nitrogens with one attached hydrogen (secondary N) is 1. The summed E-state index contributed by atoms with van der Waals surface area (Å²) in [6.45, 7) is 19.6. The largest absolute Gasteiger partial charge is 0.342 e. The van der Waals surface area contributed by atoms with Crippen molar-refractivity contribution in [3.05, 3.63) is 143 Å². The zero-order valence-corrected chi connectivity index (χ0v) is 41.0. The Balaban J connectivity index is 1.24. The number of rotatable bonds is 19. The second-order valence-electron chi connectivity index (χ2n) is 21.0. The van der Waals surface area contributed by atoms with Gasteiger partial charge < -0.3 is 15.1 Å². The van der Waals surface area contributed by atoms with Gasteiger partial charge in [0.1, 0.15) is 0 Å². The summed E-state index contributed by atoms with van der Waals surface area (Å²) in [6.07, 6.45) is 5.35. The molecule has 7 aromatic carbocycles. The SMILES string of the molecule is CCC(C)C(C)(C)CC(c1ccccc1)C(C)(C)CCN(C)C(=O)c1ccc2c3ccc(C(=O)N(C)CCC(C)(C)C(NC)c4ccccc4)c4c(C=O)ccc(c5ccc(C=O)c1c52)c43. The van der Waals surface area contributed by atoms with E-state index in [0.717, 1.165) is 70.6 Å². The number of carbonyl (C=O) groups is 4. The number of carbonyl (C=O) groups excluding carboxylic acids is 4. The van der Waals surface area contributed by atoms with Gasteiger partial charge in [0, 0.05) is 66.3 Å². The average molecular weight is 884 g/mol. The molecule has 344 valence electrons. The van der Waals surface area contributed by atoms with Gasteiger partial charge in [0.2, 0.25) is 0 Å². The molecule has 7 aromatic rings. The predicted octanol–water partition coefficient (Wildman–Crippen LogP) is 13.5. The molecule has 0 aliphatic rings. The monoisotopic (exact) mass is 884 g/mol. The molecule has 0 fully saturated rings. The maximum absolute atomic E-state index is 14.7. The number of fused-ring (bicyclic) bond motifs is 2. The van der Waals surface area contributed by atoms with Crippen molar-refractivity contribution in [2.24, 2.45) is 22.2 Å². The summed E-state index contributed by atoms with van der Waals surface area (Å²) < 4.78 is 0. The Morgan fingerprint density at radius 1 is 0.561 bits per heavy atom. The molecule has 66 heavy (non-hydrogen) atoms. The van der Waals surface area contributed by atoms with Crippen molar-refractivity contribution >= 4 is 67.5 Å². The second-order valence-corrected chi connectivity index (χ2v) is 21.0. The van der Waals surface area contributed by atoms with E-state index in [-0.39, 0.29) is 40.0 Å². The van der Waals surface area contributed by atoms with E-state index in [0.29, 0.717) is 52.0 Å². The molecule has 0 aliphatic heterocycles. The van der Waals surface area contributed by atoms with Gasteiger partial charge >= 0.3 is 0 Å². The fourth-order valence-corrected chi connectivity index (χ4v) is 10.8. The van der Waals surface area contributed by atoms with Crippen LogP contribution in [0.5, 0.6) is 0 Å². The van der Waals surface area contributed by atoms with Crippen molar-refractivity contribution < 1.29 is 19.2 Å². The van der Waals surface area contributed by atoms with E-state index in [4.69, 9.17) is 0 Å². The molecule has 0 heterocycles. The van der Waals surface area contributed by atoms with Gasteiger partial charge in [-0.05, 0) is 110 Å². The highest BCUT2D eigenvalue weighted by Gasteiger charge is 2.38. The summed E-state index contributed by atoms with van der Waals surface area (Å²) in [7, 11) is 5.67. The van der Waals surface area contributed by atoms with Gasteiger partial charge in [0.25, 0.3) is 11.8 Å². The molecule has 0 saturated heterocycles. The molecule has 1 N–H and O–H groups in total. The third-order valence-electron chi connectivity index (χ3n) is 15.6. The maximum Gasteiger partial charge on any atom is 0.254 e. The molecule has 3 atom stereocenters. The van der Waals surface area contributed by atoms with E-state index >= 15 is 0 Å². The Bertz CT molecular complexity index is 2860. The van der Waals surface area contributed by atoms with Crippen LogP contribution in [0.4, 0.5) is 0 Å². The summed E-state index contributed by atoms with van der Waals surface area (Å²) in [6, 6.07) is 36.3. The lowest BCUT2D eigenvalue weighted by atomic mass is 9.63. The normalized spacial score (nSPS) is 13.9. The van der Waals surface area contributed by atoms with Gasteiger partial charge in [-0.3, -0.25) is 19.2 Å². The van der Waals surface area contributed by atoms with Gasteiger partial charge in [-0.1, -0.05) is 159 Å². The molecule has 0 bridgehead atoms. The van der Waals surface area contributed by atoms with Crippen LogP contribution in [-0.2, 0) is 0 Å². The Kier molecular flexibility index (Phi) is 13.9. The molecule has 0 radical (unpaired) electrons. The van der Waals surface area contributed by atoms with Crippen molar-refractivity contribution in [3.8, 4) is 0 Å². The fraction of sp³-hybridized carbons (Fsp3) is 0.390. The predicted molar refractivity (Wildman–Crippen MR) is 274 cm³/mol. The van der Waals surface area contributed by atoms with Crippen molar-refractivity contribution in [1.82, 2.24) is 15.1 Å². The van der Waals surface area contributed by atoms with Gasteiger partial charge in [0.15, 0.2) is 12.6 Å². The van der Waals surface area contributed by atoms with E-state index in [1.807, 2.05) is 80.6 Å². The van der Waals surface area contributed by atoms with E-state index < -0.39 is 0 Å². The fourth-order valence-electron chi connectivity index (χ4n) is 10.8. The first-order chi connectivity index (χ1) is 31.4. The van der Waals surface area contributed by atoms with Crippen LogP contribution in [0.25, 0.3) is 43.1 Å². The van der Waals surface area contributed by atoms with Crippen LogP contribution in [0.15, 0.2) is 109 Å². The van der Waals surface area contributed by atoms with E-state index in [1.54, 1.807) is 17.0 Å². The standard InChI is InChI=1S/C59H69N3O4/c1-12-38(2)59(7,8)35-49(39-19-15-13-16-20-39)57(3,4)31-33-61(10)55(65)47-29-27-45-46-28-30-48(56(66)62(11)34-32-58(5,6)54(60-9)40-21-17-14-18-22-40)51-42(37-64)24-26-44(53(46)51)43-25-23-41(36-63)50(47)52(43)45/h13-30,36-38,49,54,60H,12,31-35H2,1-11H3. The first-order valence-electron chi connectivity index (χ1n) is 23.8. The molecule has 7 nitrogen and oxygen atoms in total. The minimum Gasteiger partial charge on any atom is -0.342 e.